The van der Waals surface area contributed by atoms with Crippen LogP contribution in [0.2, 0.25) is 0 Å². The normalized spacial score (nSPS) is 11.2. The van der Waals surface area contributed by atoms with Crippen molar-refractivity contribution in [2.24, 2.45) is 0 Å². The zero-order chi connectivity index (χ0) is 19.5. The van der Waals surface area contributed by atoms with Gasteiger partial charge in [0.05, 0.1) is 5.69 Å². The number of pyridine rings is 1. The number of nitrogens with zero attached hydrogens (tertiary/aromatic N) is 2. The molecular formula is C25H24N2O. The van der Waals surface area contributed by atoms with Crippen molar-refractivity contribution in [3.05, 3.63) is 95.9 Å². The molecule has 0 radical (unpaired) electrons. The predicted molar refractivity (Wildman–Crippen MR) is 114 cm³/mol. The minimum absolute atomic E-state index is 0.148. The molecule has 0 aliphatic carbocycles. The smallest absolute Gasteiger partial charge is 0.181 e. The van der Waals surface area contributed by atoms with Crippen molar-refractivity contribution >= 4 is 11.4 Å². The van der Waals surface area contributed by atoms with Gasteiger partial charge in [0.15, 0.2) is 5.78 Å². The first-order valence-corrected chi connectivity index (χ1v) is 9.78. The molecule has 28 heavy (non-hydrogen) atoms. The Morgan fingerprint density at radius 3 is 2.29 bits per heavy atom. The summed E-state index contributed by atoms with van der Waals surface area (Å²) in [6, 6.07) is 24.7. The number of carbonyl (C=O) groups is 1. The molecule has 2 aromatic carbocycles. The molecule has 0 aliphatic rings. The van der Waals surface area contributed by atoms with E-state index in [1.807, 2.05) is 47.0 Å². The monoisotopic (exact) mass is 368 g/mol. The van der Waals surface area contributed by atoms with Crippen LogP contribution in [0.15, 0.2) is 79.0 Å². The Balaban J connectivity index is 1.52. The van der Waals surface area contributed by atoms with Crippen LogP contribution in [-0.4, -0.2) is 15.2 Å². The Morgan fingerprint density at radius 2 is 1.57 bits per heavy atom. The molecule has 3 nitrogen and oxygen atoms in total. The lowest BCUT2D eigenvalue weighted by Gasteiger charge is -2.08. The van der Waals surface area contributed by atoms with Gasteiger partial charge in [0, 0.05) is 12.6 Å². The van der Waals surface area contributed by atoms with Gasteiger partial charge in [0.2, 0.25) is 0 Å². The Kier molecular flexibility index (Phi) is 5.07. The van der Waals surface area contributed by atoms with Crippen LogP contribution in [0.1, 0.15) is 47.9 Å². The van der Waals surface area contributed by atoms with E-state index in [4.69, 9.17) is 0 Å². The third-order valence-electron chi connectivity index (χ3n) is 5.07. The first kappa shape index (κ1) is 18.2. The second-order valence-corrected chi connectivity index (χ2v) is 7.42. The number of Topliss-reactive ketones (excluding diaryl/α,β-unsaturated/α-hetero) is 1. The van der Waals surface area contributed by atoms with E-state index in [0.717, 1.165) is 23.5 Å². The highest BCUT2D eigenvalue weighted by Gasteiger charge is 2.20. The summed E-state index contributed by atoms with van der Waals surface area (Å²) in [6.45, 7) is 4.17. The van der Waals surface area contributed by atoms with Crippen LogP contribution in [0.25, 0.3) is 16.8 Å². The summed E-state index contributed by atoms with van der Waals surface area (Å²) in [5.41, 5.74) is 6.02. The highest BCUT2D eigenvalue weighted by molar-refractivity contribution is 5.96. The molecule has 4 rings (SSSR count). The molecule has 2 heterocycles. The average Bonchev–Trinajstić information content (AvgIpc) is 3.13. The standard InChI is InChI=1S/C25H24N2O/c1-18(2)24-25(27-17-7-6-10-23(27)26-24)22(28)16-13-19-11-14-21(15-12-19)20-8-4-3-5-9-20/h3-12,14-15,17-18H,13,16H2,1-2H3. The van der Waals surface area contributed by atoms with Crippen molar-refractivity contribution in [2.75, 3.05) is 0 Å². The van der Waals surface area contributed by atoms with Crippen LogP contribution < -0.4 is 0 Å². The molecule has 0 amide bonds. The maximum Gasteiger partial charge on any atom is 0.181 e. The van der Waals surface area contributed by atoms with E-state index in [0.29, 0.717) is 6.42 Å². The maximum atomic E-state index is 13.0. The third kappa shape index (κ3) is 3.61. The van der Waals surface area contributed by atoms with E-state index in [9.17, 15) is 4.79 Å². The SMILES string of the molecule is CC(C)c1nc2ccccn2c1C(=O)CCc1ccc(-c2ccccc2)cc1. The van der Waals surface area contributed by atoms with Crippen molar-refractivity contribution in [1.82, 2.24) is 9.38 Å². The van der Waals surface area contributed by atoms with Gasteiger partial charge in [-0.05, 0) is 41.2 Å². The van der Waals surface area contributed by atoms with Gasteiger partial charge in [-0.1, -0.05) is 74.5 Å². The lowest BCUT2D eigenvalue weighted by atomic mass is 9.99. The molecule has 0 unspecified atom stereocenters. The van der Waals surface area contributed by atoms with Crippen molar-refractivity contribution in [3.63, 3.8) is 0 Å². The summed E-state index contributed by atoms with van der Waals surface area (Å²) in [6.07, 6.45) is 3.13. The van der Waals surface area contributed by atoms with Crippen molar-refractivity contribution in [2.45, 2.75) is 32.6 Å². The van der Waals surface area contributed by atoms with E-state index in [2.05, 4.69) is 55.2 Å². The number of carbonyl (C=O) groups excluding carboxylic acids is 1. The van der Waals surface area contributed by atoms with Gasteiger partial charge in [-0.25, -0.2) is 4.98 Å². The first-order valence-electron chi connectivity index (χ1n) is 9.78. The lowest BCUT2D eigenvalue weighted by Crippen LogP contribution is -2.09. The maximum absolute atomic E-state index is 13.0. The van der Waals surface area contributed by atoms with Crippen LogP contribution in [0.3, 0.4) is 0 Å². The molecule has 140 valence electrons. The van der Waals surface area contributed by atoms with Gasteiger partial charge in [-0.3, -0.25) is 9.20 Å². The van der Waals surface area contributed by atoms with E-state index in [1.165, 1.54) is 16.7 Å². The highest BCUT2D eigenvalue weighted by atomic mass is 16.1. The summed E-state index contributed by atoms with van der Waals surface area (Å²) in [4.78, 5) is 17.7. The Labute approximate surface area is 165 Å². The highest BCUT2D eigenvalue weighted by Crippen LogP contribution is 2.23. The molecule has 3 heteroatoms. The number of hydrogen-bond donors (Lipinski definition) is 0. The number of imidazole rings is 1. The summed E-state index contributed by atoms with van der Waals surface area (Å²) in [7, 11) is 0. The van der Waals surface area contributed by atoms with Crippen molar-refractivity contribution < 1.29 is 4.79 Å². The van der Waals surface area contributed by atoms with Gasteiger partial charge in [-0.15, -0.1) is 0 Å². The Bertz CT molecular complexity index is 1090. The number of hydrogen-bond acceptors (Lipinski definition) is 2. The molecule has 4 aromatic rings. The number of fused-ring (bicyclic) bond motifs is 1. The third-order valence-corrected chi connectivity index (χ3v) is 5.07. The minimum atomic E-state index is 0.148. The average molecular weight is 368 g/mol. The molecule has 0 fully saturated rings. The molecule has 0 aliphatic heterocycles. The van der Waals surface area contributed by atoms with Crippen LogP contribution >= 0.6 is 0 Å². The fraction of sp³-hybridized carbons (Fsp3) is 0.200. The molecule has 0 spiro atoms. The number of rotatable bonds is 6. The second kappa shape index (κ2) is 7.81. The van der Waals surface area contributed by atoms with Crippen molar-refractivity contribution in [3.8, 4) is 11.1 Å². The number of aromatic nitrogens is 2. The van der Waals surface area contributed by atoms with Crippen LogP contribution in [0, 0.1) is 0 Å². The van der Waals surface area contributed by atoms with E-state index < -0.39 is 0 Å². The quantitative estimate of drug-likeness (QED) is 0.395. The van der Waals surface area contributed by atoms with Gasteiger partial charge in [-0.2, -0.15) is 0 Å². The minimum Gasteiger partial charge on any atom is -0.297 e. The molecular weight excluding hydrogens is 344 g/mol. The second-order valence-electron chi connectivity index (χ2n) is 7.42. The fourth-order valence-corrected chi connectivity index (χ4v) is 3.56. The zero-order valence-electron chi connectivity index (χ0n) is 16.3. The van der Waals surface area contributed by atoms with E-state index >= 15 is 0 Å². The topological polar surface area (TPSA) is 34.4 Å². The number of aryl methyl sites for hydroxylation is 1. The molecule has 0 atom stereocenters. The summed E-state index contributed by atoms with van der Waals surface area (Å²) < 4.78 is 1.93. The van der Waals surface area contributed by atoms with Crippen LogP contribution in [-0.2, 0) is 6.42 Å². The first-order chi connectivity index (χ1) is 13.6. The summed E-state index contributed by atoms with van der Waals surface area (Å²) in [5, 5.41) is 0. The Morgan fingerprint density at radius 1 is 0.893 bits per heavy atom. The molecule has 0 bridgehead atoms. The molecule has 0 N–H and O–H groups in total. The summed E-state index contributed by atoms with van der Waals surface area (Å²) >= 11 is 0. The van der Waals surface area contributed by atoms with Crippen LogP contribution in [0.4, 0.5) is 0 Å². The number of benzene rings is 2. The van der Waals surface area contributed by atoms with Crippen molar-refractivity contribution in [1.29, 1.82) is 0 Å². The van der Waals surface area contributed by atoms with Gasteiger partial charge in [0.25, 0.3) is 0 Å². The number of ketones is 1. The summed E-state index contributed by atoms with van der Waals surface area (Å²) in [5.74, 6) is 0.360. The largest absolute Gasteiger partial charge is 0.297 e. The predicted octanol–water partition coefficient (Wildman–Crippen LogP) is 5.94. The molecule has 2 aromatic heterocycles. The lowest BCUT2D eigenvalue weighted by molar-refractivity contribution is 0.0976. The Hall–Kier alpha value is -3.20. The van der Waals surface area contributed by atoms with Gasteiger partial charge < -0.3 is 0 Å². The molecule has 0 saturated carbocycles. The van der Waals surface area contributed by atoms with Crippen LogP contribution in [0.5, 0.6) is 0 Å². The fourth-order valence-electron chi connectivity index (χ4n) is 3.56. The van der Waals surface area contributed by atoms with Gasteiger partial charge >= 0.3 is 0 Å². The van der Waals surface area contributed by atoms with E-state index in [-0.39, 0.29) is 11.7 Å². The van der Waals surface area contributed by atoms with Gasteiger partial charge in [0.1, 0.15) is 11.3 Å². The molecule has 0 saturated heterocycles. The zero-order valence-corrected chi connectivity index (χ0v) is 16.3. The van der Waals surface area contributed by atoms with E-state index in [1.54, 1.807) is 0 Å².